The van der Waals surface area contributed by atoms with Crippen molar-refractivity contribution in [2.45, 2.75) is 39.2 Å². The average molecular weight is 366 g/mol. The number of hydrogen-bond acceptors (Lipinski definition) is 5. The standard InChI is InChI=1S/C20H22N4OS/c1-12-13(2)26-20-16(12)18(22-15-10-6-7-11-21-19(15)25)23-17(24-20)14-8-4-3-5-9-14/h3-5,8-9,15H,6-7,10-11H2,1-2H3,(H,21,25)(H,22,23,24). The number of carbonyl (C=O) groups is 1. The molecule has 1 aliphatic heterocycles. The molecule has 1 unspecified atom stereocenters. The maximum Gasteiger partial charge on any atom is 0.242 e. The summed E-state index contributed by atoms with van der Waals surface area (Å²) in [5.74, 6) is 1.51. The fraction of sp³-hybridized carbons (Fsp3) is 0.350. The van der Waals surface area contributed by atoms with Crippen molar-refractivity contribution in [1.82, 2.24) is 15.3 Å². The molecule has 1 aromatic carbocycles. The minimum absolute atomic E-state index is 0.0557. The Labute approximate surface area is 156 Å². The number of amides is 1. The molecule has 26 heavy (non-hydrogen) atoms. The van der Waals surface area contributed by atoms with Crippen molar-refractivity contribution in [3.63, 3.8) is 0 Å². The molecule has 1 fully saturated rings. The number of benzene rings is 1. The lowest BCUT2D eigenvalue weighted by Crippen LogP contribution is -2.38. The lowest BCUT2D eigenvalue weighted by atomic mass is 10.1. The van der Waals surface area contributed by atoms with Gasteiger partial charge >= 0.3 is 0 Å². The van der Waals surface area contributed by atoms with E-state index in [4.69, 9.17) is 9.97 Å². The van der Waals surface area contributed by atoms with Gasteiger partial charge in [0.05, 0.1) is 5.39 Å². The van der Waals surface area contributed by atoms with Crippen LogP contribution in [-0.2, 0) is 4.79 Å². The third-order valence-electron chi connectivity index (χ3n) is 4.91. The van der Waals surface area contributed by atoms with Crippen LogP contribution >= 0.6 is 11.3 Å². The van der Waals surface area contributed by atoms with Gasteiger partial charge in [-0.3, -0.25) is 4.79 Å². The number of nitrogens with zero attached hydrogens (tertiary/aromatic N) is 2. The van der Waals surface area contributed by atoms with E-state index in [1.165, 1.54) is 10.4 Å². The van der Waals surface area contributed by atoms with Crippen LogP contribution in [0.2, 0.25) is 0 Å². The summed E-state index contributed by atoms with van der Waals surface area (Å²) in [5.41, 5.74) is 2.16. The predicted molar refractivity (Wildman–Crippen MR) is 107 cm³/mol. The highest BCUT2D eigenvalue weighted by Crippen LogP contribution is 2.35. The Bertz CT molecular complexity index is 951. The first-order valence-corrected chi connectivity index (χ1v) is 9.82. The molecule has 1 amide bonds. The summed E-state index contributed by atoms with van der Waals surface area (Å²) in [6, 6.07) is 9.72. The van der Waals surface area contributed by atoms with Crippen molar-refractivity contribution in [1.29, 1.82) is 0 Å². The Morgan fingerprint density at radius 1 is 1.15 bits per heavy atom. The van der Waals surface area contributed by atoms with Gasteiger partial charge in [-0.05, 0) is 38.7 Å². The molecule has 5 nitrogen and oxygen atoms in total. The van der Waals surface area contributed by atoms with Crippen molar-refractivity contribution in [2.75, 3.05) is 11.9 Å². The topological polar surface area (TPSA) is 66.9 Å². The second-order valence-corrected chi connectivity index (χ2v) is 7.91. The Kier molecular flexibility index (Phi) is 4.59. The Morgan fingerprint density at radius 3 is 2.77 bits per heavy atom. The Morgan fingerprint density at radius 2 is 1.96 bits per heavy atom. The molecule has 1 atom stereocenters. The van der Waals surface area contributed by atoms with Crippen LogP contribution in [0.5, 0.6) is 0 Å². The minimum atomic E-state index is -0.251. The molecule has 0 aliphatic carbocycles. The lowest BCUT2D eigenvalue weighted by molar-refractivity contribution is -0.121. The fourth-order valence-electron chi connectivity index (χ4n) is 3.31. The number of anilines is 1. The van der Waals surface area contributed by atoms with Gasteiger partial charge < -0.3 is 10.6 Å². The van der Waals surface area contributed by atoms with Crippen LogP contribution in [0.1, 0.15) is 29.7 Å². The SMILES string of the molecule is Cc1sc2nc(-c3ccccc3)nc(NC3CCCCNC3=O)c2c1C. The van der Waals surface area contributed by atoms with Gasteiger partial charge in [0.1, 0.15) is 16.7 Å². The van der Waals surface area contributed by atoms with Crippen LogP contribution in [0.25, 0.3) is 21.6 Å². The third kappa shape index (κ3) is 3.17. The van der Waals surface area contributed by atoms with E-state index in [-0.39, 0.29) is 11.9 Å². The van der Waals surface area contributed by atoms with Gasteiger partial charge in [-0.2, -0.15) is 0 Å². The summed E-state index contributed by atoms with van der Waals surface area (Å²) < 4.78 is 0. The smallest absolute Gasteiger partial charge is 0.242 e. The minimum Gasteiger partial charge on any atom is -0.358 e. The highest BCUT2D eigenvalue weighted by Gasteiger charge is 2.23. The summed E-state index contributed by atoms with van der Waals surface area (Å²) in [6.45, 7) is 4.95. The number of aryl methyl sites for hydroxylation is 2. The van der Waals surface area contributed by atoms with E-state index in [1.54, 1.807) is 11.3 Å². The van der Waals surface area contributed by atoms with Crippen LogP contribution in [0.15, 0.2) is 30.3 Å². The van der Waals surface area contributed by atoms with Crippen LogP contribution in [0.3, 0.4) is 0 Å². The van der Waals surface area contributed by atoms with Gasteiger partial charge in [0, 0.05) is 17.0 Å². The zero-order chi connectivity index (χ0) is 18.1. The first kappa shape index (κ1) is 17.0. The summed E-state index contributed by atoms with van der Waals surface area (Å²) in [4.78, 5) is 24.2. The molecule has 134 valence electrons. The number of aromatic nitrogens is 2. The maximum atomic E-state index is 12.4. The molecule has 2 N–H and O–H groups in total. The summed E-state index contributed by atoms with van der Waals surface area (Å²) in [5, 5.41) is 7.44. The second-order valence-electron chi connectivity index (χ2n) is 6.71. The van der Waals surface area contributed by atoms with E-state index in [0.717, 1.165) is 47.4 Å². The number of carbonyl (C=O) groups excluding carboxylic acids is 1. The molecule has 0 bridgehead atoms. The molecule has 3 heterocycles. The molecular formula is C20H22N4OS. The van der Waals surface area contributed by atoms with Gasteiger partial charge in [0.2, 0.25) is 5.91 Å². The molecule has 4 rings (SSSR count). The van der Waals surface area contributed by atoms with E-state index in [2.05, 4.69) is 24.5 Å². The monoisotopic (exact) mass is 366 g/mol. The molecule has 0 radical (unpaired) electrons. The molecule has 3 aromatic rings. The quantitative estimate of drug-likeness (QED) is 0.734. The second kappa shape index (κ2) is 7.03. The van der Waals surface area contributed by atoms with E-state index >= 15 is 0 Å². The third-order valence-corrected chi connectivity index (χ3v) is 6.01. The van der Waals surface area contributed by atoms with Crippen LogP contribution in [0, 0.1) is 13.8 Å². The number of rotatable bonds is 3. The first-order chi connectivity index (χ1) is 12.6. The summed E-state index contributed by atoms with van der Waals surface area (Å²) >= 11 is 1.68. The number of thiophene rings is 1. The molecule has 0 saturated carbocycles. The number of nitrogens with one attached hydrogen (secondary N) is 2. The molecule has 1 saturated heterocycles. The fourth-order valence-corrected chi connectivity index (χ4v) is 4.34. The van der Waals surface area contributed by atoms with Crippen molar-refractivity contribution in [3.8, 4) is 11.4 Å². The van der Waals surface area contributed by atoms with Gasteiger partial charge in [-0.25, -0.2) is 9.97 Å². The van der Waals surface area contributed by atoms with Crippen LogP contribution < -0.4 is 10.6 Å². The zero-order valence-corrected chi connectivity index (χ0v) is 15.8. The van der Waals surface area contributed by atoms with Crippen LogP contribution in [0.4, 0.5) is 5.82 Å². The summed E-state index contributed by atoms with van der Waals surface area (Å²) in [7, 11) is 0. The highest BCUT2D eigenvalue weighted by molar-refractivity contribution is 7.18. The van der Waals surface area contributed by atoms with Gasteiger partial charge in [0.15, 0.2) is 5.82 Å². The maximum absolute atomic E-state index is 12.4. The number of hydrogen-bond donors (Lipinski definition) is 2. The molecular weight excluding hydrogens is 344 g/mol. The van der Waals surface area contributed by atoms with E-state index in [1.807, 2.05) is 30.3 Å². The molecule has 0 spiro atoms. The summed E-state index contributed by atoms with van der Waals surface area (Å²) in [6.07, 6.45) is 2.87. The van der Waals surface area contributed by atoms with Crippen molar-refractivity contribution >= 4 is 33.3 Å². The van der Waals surface area contributed by atoms with Gasteiger partial charge in [-0.1, -0.05) is 30.3 Å². The van der Waals surface area contributed by atoms with Gasteiger partial charge in [0.25, 0.3) is 0 Å². The molecule has 2 aromatic heterocycles. The van der Waals surface area contributed by atoms with E-state index in [0.29, 0.717) is 5.82 Å². The average Bonchev–Trinajstić information content (AvgIpc) is 2.80. The van der Waals surface area contributed by atoms with E-state index in [9.17, 15) is 4.79 Å². The highest BCUT2D eigenvalue weighted by atomic mass is 32.1. The van der Waals surface area contributed by atoms with Crippen molar-refractivity contribution < 1.29 is 4.79 Å². The van der Waals surface area contributed by atoms with Gasteiger partial charge in [-0.15, -0.1) is 11.3 Å². The first-order valence-electron chi connectivity index (χ1n) is 9.01. The normalized spacial score (nSPS) is 17.8. The lowest BCUT2D eigenvalue weighted by Gasteiger charge is -2.17. The largest absolute Gasteiger partial charge is 0.358 e. The number of fused-ring (bicyclic) bond motifs is 1. The predicted octanol–water partition coefficient (Wildman–Crippen LogP) is 4.06. The Balaban J connectivity index is 1.82. The van der Waals surface area contributed by atoms with Crippen LogP contribution in [-0.4, -0.2) is 28.5 Å². The van der Waals surface area contributed by atoms with Crippen molar-refractivity contribution in [3.05, 3.63) is 40.8 Å². The zero-order valence-electron chi connectivity index (χ0n) is 15.0. The molecule has 6 heteroatoms. The Hall–Kier alpha value is -2.47. The van der Waals surface area contributed by atoms with E-state index < -0.39 is 0 Å². The van der Waals surface area contributed by atoms with Crippen molar-refractivity contribution in [2.24, 2.45) is 0 Å². The molecule has 1 aliphatic rings.